The molecule has 0 aromatic heterocycles. The van der Waals surface area contributed by atoms with E-state index in [1.807, 2.05) is 23.1 Å². The van der Waals surface area contributed by atoms with Gasteiger partial charge in [-0.25, -0.2) is 9.59 Å². The summed E-state index contributed by atoms with van der Waals surface area (Å²) in [5, 5.41) is 9.82. The molecule has 4 rings (SSSR count). The minimum absolute atomic E-state index is 0.0220. The predicted octanol–water partition coefficient (Wildman–Crippen LogP) is 2.12. The maximum absolute atomic E-state index is 13.3. The number of piperidine rings is 1. The molecule has 2 atom stereocenters. The molecule has 3 amide bonds. The van der Waals surface area contributed by atoms with Crippen molar-refractivity contribution in [1.82, 2.24) is 14.7 Å². The van der Waals surface area contributed by atoms with Gasteiger partial charge in [0.1, 0.15) is 0 Å². The van der Waals surface area contributed by atoms with E-state index in [1.54, 1.807) is 11.0 Å². The Labute approximate surface area is 164 Å². The second-order valence-corrected chi connectivity index (χ2v) is 7.98. The number of nitrogens with zero attached hydrogens (tertiary/aromatic N) is 3. The van der Waals surface area contributed by atoms with Crippen LogP contribution in [0.15, 0.2) is 24.3 Å². The molecular weight excluding hydrogens is 358 g/mol. The number of carbonyl (C=O) groups is 3. The fraction of sp³-hybridized carbons (Fsp3) is 0.571. The molecule has 28 heavy (non-hydrogen) atoms. The minimum atomic E-state index is -0.999. The number of fused-ring (bicyclic) bond motifs is 1. The fourth-order valence-corrected chi connectivity index (χ4v) is 4.77. The molecular formula is C21H27N3O4. The number of carboxylic acid groups (broad SMARTS) is 1. The second kappa shape index (κ2) is 7.81. The van der Waals surface area contributed by atoms with Gasteiger partial charge in [0.2, 0.25) is 5.91 Å². The Balaban J connectivity index is 1.50. The third-order valence-corrected chi connectivity index (χ3v) is 6.22. The van der Waals surface area contributed by atoms with Gasteiger partial charge in [0, 0.05) is 32.7 Å². The van der Waals surface area contributed by atoms with Crippen LogP contribution in [-0.4, -0.2) is 70.4 Å². The Morgan fingerprint density at radius 3 is 2.39 bits per heavy atom. The number of amides is 3. The Kier molecular flexibility index (Phi) is 5.24. The highest BCUT2D eigenvalue weighted by molar-refractivity contribution is 5.87. The number of rotatable bonds is 2. The summed E-state index contributed by atoms with van der Waals surface area (Å²) in [5.41, 5.74) is 1.70. The van der Waals surface area contributed by atoms with Crippen LogP contribution in [0.1, 0.15) is 42.9 Å². The lowest BCUT2D eigenvalue weighted by molar-refractivity contribution is -0.153. The molecule has 7 nitrogen and oxygen atoms in total. The Bertz CT molecular complexity index is 775. The maximum atomic E-state index is 13.3. The molecule has 3 heterocycles. The first-order chi connectivity index (χ1) is 13.6. The molecule has 2 unspecified atom stereocenters. The van der Waals surface area contributed by atoms with Crippen molar-refractivity contribution >= 4 is 17.9 Å². The molecule has 0 spiro atoms. The van der Waals surface area contributed by atoms with E-state index in [0.717, 1.165) is 37.9 Å². The van der Waals surface area contributed by atoms with Crippen LogP contribution < -0.4 is 0 Å². The third-order valence-electron chi connectivity index (χ3n) is 6.22. The van der Waals surface area contributed by atoms with Gasteiger partial charge >= 0.3 is 12.0 Å². The summed E-state index contributed by atoms with van der Waals surface area (Å²) >= 11 is 0. The van der Waals surface area contributed by atoms with Crippen LogP contribution >= 0.6 is 0 Å². The smallest absolute Gasteiger partial charge is 0.331 e. The number of carbonyl (C=O) groups excluding carboxylic acids is 2. The van der Waals surface area contributed by atoms with Crippen LogP contribution in [0.2, 0.25) is 0 Å². The average Bonchev–Trinajstić information content (AvgIpc) is 3.26. The standard InChI is InChI=1S/C21H27N3O4/c25-19(16-7-5-12-23(14-16)21(28)22-10-3-4-11-22)24-13-9-15-6-1-2-8-17(15)18(24)20(26)27/h1-2,6,8,16,18H,3-5,7,9-14H2,(H,26,27). The van der Waals surface area contributed by atoms with Crippen molar-refractivity contribution in [2.24, 2.45) is 5.92 Å². The van der Waals surface area contributed by atoms with Crippen molar-refractivity contribution < 1.29 is 19.5 Å². The molecule has 0 radical (unpaired) electrons. The number of hydrogen-bond acceptors (Lipinski definition) is 3. The van der Waals surface area contributed by atoms with Crippen LogP contribution in [0.5, 0.6) is 0 Å². The number of aliphatic carboxylic acids is 1. The van der Waals surface area contributed by atoms with E-state index in [-0.39, 0.29) is 17.9 Å². The topological polar surface area (TPSA) is 81.2 Å². The summed E-state index contributed by atoms with van der Waals surface area (Å²) in [6.45, 7) is 3.04. The van der Waals surface area contributed by atoms with Gasteiger partial charge in [-0.2, -0.15) is 0 Å². The Morgan fingerprint density at radius 1 is 0.929 bits per heavy atom. The van der Waals surface area contributed by atoms with E-state index in [0.29, 0.717) is 38.0 Å². The summed E-state index contributed by atoms with van der Waals surface area (Å²) in [6, 6.07) is 6.54. The van der Waals surface area contributed by atoms with Gasteiger partial charge in [-0.15, -0.1) is 0 Å². The molecule has 0 saturated carbocycles. The molecule has 3 aliphatic rings. The number of urea groups is 1. The van der Waals surface area contributed by atoms with Crippen LogP contribution in [0.25, 0.3) is 0 Å². The van der Waals surface area contributed by atoms with E-state index in [4.69, 9.17) is 0 Å². The molecule has 2 saturated heterocycles. The van der Waals surface area contributed by atoms with Crippen molar-refractivity contribution in [3.63, 3.8) is 0 Å². The highest BCUT2D eigenvalue weighted by Gasteiger charge is 2.40. The highest BCUT2D eigenvalue weighted by Crippen LogP contribution is 2.32. The van der Waals surface area contributed by atoms with E-state index >= 15 is 0 Å². The molecule has 0 aliphatic carbocycles. The van der Waals surface area contributed by atoms with Gasteiger partial charge in [0.25, 0.3) is 0 Å². The minimum Gasteiger partial charge on any atom is -0.479 e. The van der Waals surface area contributed by atoms with Crippen molar-refractivity contribution in [2.45, 2.75) is 38.1 Å². The summed E-state index contributed by atoms with van der Waals surface area (Å²) in [7, 11) is 0. The summed E-state index contributed by atoms with van der Waals surface area (Å²) in [4.78, 5) is 43.1. The van der Waals surface area contributed by atoms with Crippen LogP contribution in [-0.2, 0) is 16.0 Å². The normalized spacial score (nSPS) is 24.8. The number of carboxylic acids is 1. The molecule has 1 aromatic rings. The maximum Gasteiger partial charge on any atom is 0.331 e. The van der Waals surface area contributed by atoms with Crippen LogP contribution in [0, 0.1) is 5.92 Å². The first-order valence-corrected chi connectivity index (χ1v) is 10.2. The van der Waals surface area contributed by atoms with Crippen molar-refractivity contribution in [1.29, 1.82) is 0 Å². The van der Waals surface area contributed by atoms with Gasteiger partial charge in [-0.1, -0.05) is 24.3 Å². The van der Waals surface area contributed by atoms with E-state index in [2.05, 4.69) is 0 Å². The fourth-order valence-electron chi connectivity index (χ4n) is 4.77. The average molecular weight is 385 g/mol. The van der Waals surface area contributed by atoms with Gasteiger partial charge < -0.3 is 19.8 Å². The van der Waals surface area contributed by atoms with Gasteiger partial charge in [0.05, 0.1) is 5.92 Å². The zero-order valence-electron chi connectivity index (χ0n) is 16.0. The van der Waals surface area contributed by atoms with E-state index in [9.17, 15) is 19.5 Å². The summed E-state index contributed by atoms with van der Waals surface area (Å²) in [6.07, 6.45) is 4.21. The molecule has 2 fully saturated rings. The number of hydrogen-bond donors (Lipinski definition) is 1. The van der Waals surface area contributed by atoms with Crippen molar-refractivity contribution in [3.8, 4) is 0 Å². The summed E-state index contributed by atoms with van der Waals surface area (Å²) in [5.74, 6) is -1.46. The molecule has 150 valence electrons. The van der Waals surface area contributed by atoms with Gasteiger partial charge in [-0.05, 0) is 43.2 Å². The SMILES string of the molecule is O=C(O)C1c2ccccc2CCN1C(=O)C1CCCN(C(=O)N2CCCC2)C1. The monoisotopic (exact) mass is 385 g/mol. The van der Waals surface area contributed by atoms with Gasteiger partial charge in [0.15, 0.2) is 6.04 Å². The third kappa shape index (κ3) is 3.45. The van der Waals surface area contributed by atoms with Crippen molar-refractivity contribution in [3.05, 3.63) is 35.4 Å². The Hall–Kier alpha value is -2.57. The van der Waals surface area contributed by atoms with Crippen LogP contribution in [0.3, 0.4) is 0 Å². The lowest BCUT2D eigenvalue weighted by Gasteiger charge is -2.40. The Morgan fingerprint density at radius 2 is 1.64 bits per heavy atom. The molecule has 1 aromatic carbocycles. The highest BCUT2D eigenvalue weighted by atomic mass is 16.4. The first kappa shape index (κ1) is 18.8. The van der Waals surface area contributed by atoms with Crippen LogP contribution in [0.4, 0.5) is 4.79 Å². The van der Waals surface area contributed by atoms with Crippen molar-refractivity contribution in [2.75, 3.05) is 32.7 Å². The molecule has 3 aliphatic heterocycles. The first-order valence-electron chi connectivity index (χ1n) is 10.2. The predicted molar refractivity (Wildman–Crippen MR) is 103 cm³/mol. The van der Waals surface area contributed by atoms with E-state index in [1.165, 1.54) is 4.90 Å². The largest absolute Gasteiger partial charge is 0.479 e. The van der Waals surface area contributed by atoms with Gasteiger partial charge in [-0.3, -0.25) is 4.79 Å². The zero-order valence-corrected chi connectivity index (χ0v) is 16.0. The zero-order chi connectivity index (χ0) is 19.7. The molecule has 1 N–H and O–H groups in total. The number of benzene rings is 1. The quantitative estimate of drug-likeness (QED) is 0.846. The second-order valence-electron chi connectivity index (χ2n) is 7.98. The lowest BCUT2D eigenvalue weighted by Crippen LogP contribution is -2.52. The van der Waals surface area contributed by atoms with E-state index < -0.39 is 12.0 Å². The molecule has 0 bridgehead atoms. The summed E-state index contributed by atoms with van der Waals surface area (Å²) < 4.78 is 0. The lowest BCUT2D eigenvalue weighted by atomic mass is 9.89. The molecule has 7 heteroatoms. The number of likely N-dealkylation sites (tertiary alicyclic amines) is 2.